The molecule has 0 atom stereocenters. The van der Waals surface area contributed by atoms with Crippen molar-refractivity contribution in [3.05, 3.63) is 12.2 Å². The molecule has 0 rings (SSSR count). The fourth-order valence-electron chi connectivity index (χ4n) is 0.927. The highest BCUT2D eigenvalue weighted by Gasteiger charge is 1.85. The molecule has 1 nitrogen and oxygen atoms in total. The minimum Gasteiger partial charge on any atom is -0.330 e. The van der Waals surface area contributed by atoms with Gasteiger partial charge in [0, 0.05) is 0 Å². The van der Waals surface area contributed by atoms with Crippen molar-refractivity contribution in [1.29, 1.82) is 0 Å². The van der Waals surface area contributed by atoms with Crippen LogP contribution < -0.4 is 5.73 Å². The van der Waals surface area contributed by atoms with Crippen LogP contribution in [0.2, 0.25) is 0 Å². The molecular formula is C9H19N. The van der Waals surface area contributed by atoms with Gasteiger partial charge < -0.3 is 5.73 Å². The Labute approximate surface area is 64.3 Å². The standard InChI is InChI=1S/C9H19N/c1-2-3-4-5-6-7-8-9-10/h2-3H,4-10H2,1H3. The first kappa shape index (κ1) is 9.70. The van der Waals surface area contributed by atoms with Gasteiger partial charge in [-0.2, -0.15) is 0 Å². The Bertz CT molecular complexity index is 76.8. The zero-order valence-corrected chi connectivity index (χ0v) is 6.97. The van der Waals surface area contributed by atoms with Gasteiger partial charge in [0.05, 0.1) is 0 Å². The van der Waals surface area contributed by atoms with Crippen LogP contribution in [-0.2, 0) is 0 Å². The van der Waals surface area contributed by atoms with Crippen LogP contribution in [0.25, 0.3) is 0 Å². The minimum atomic E-state index is 0.851. The molecule has 0 saturated carbocycles. The van der Waals surface area contributed by atoms with Gasteiger partial charge in [0.15, 0.2) is 0 Å². The van der Waals surface area contributed by atoms with Crippen molar-refractivity contribution >= 4 is 0 Å². The number of unbranched alkanes of at least 4 members (excludes halogenated alkanes) is 4. The molecule has 0 aromatic rings. The summed E-state index contributed by atoms with van der Waals surface area (Å²) in [5.41, 5.74) is 5.36. The molecule has 2 N–H and O–H groups in total. The molecule has 0 fully saturated rings. The summed E-state index contributed by atoms with van der Waals surface area (Å²) in [6.45, 7) is 2.92. The van der Waals surface area contributed by atoms with E-state index >= 15 is 0 Å². The Balaban J connectivity index is 2.77. The molecule has 0 aliphatic heterocycles. The Morgan fingerprint density at radius 3 is 2.40 bits per heavy atom. The van der Waals surface area contributed by atoms with E-state index in [1.165, 1.54) is 32.1 Å². The molecule has 1 heteroatoms. The fourth-order valence-corrected chi connectivity index (χ4v) is 0.927. The van der Waals surface area contributed by atoms with E-state index in [0.717, 1.165) is 6.54 Å². The average Bonchev–Trinajstić information content (AvgIpc) is 1.97. The van der Waals surface area contributed by atoms with Crippen molar-refractivity contribution in [3.8, 4) is 0 Å². The molecule has 60 valence electrons. The maximum absolute atomic E-state index is 5.36. The Hall–Kier alpha value is -0.300. The van der Waals surface area contributed by atoms with E-state index in [1.807, 2.05) is 0 Å². The highest BCUT2D eigenvalue weighted by atomic mass is 14.5. The summed E-state index contributed by atoms with van der Waals surface area (Å²) in [6, 6.07) is 0. The van der Waals surface area contributed by atoms with Crippen molar-refractivity contribution in [2.75, 3.05) is 6.54 Å². The molecule has 0 saturated heterocycles. The molecule has 0 aliphatic rings. The molecule has 0 unspecified atom stereocenters. The van der Waals surface area contributed by atoms with Crippen LogP contribution in [-0.4, -0.2) is 6.54 Å². The van der Waals surface area contributed by atoms with Gasteiger partial charge in [0.2, 0.25) is 0 Å². The summed E-state index contributed by atoms with van der Waals surface area (Å²) in [5, 5.41) is 0. The van der Waals surface area contributed by atoms with Crippen molar-refractivity contribution in [2.24, 2.45) is 5.73 Å². The first-order valence-electron chi connectivity index (χ1n) is 4.23. The van der Waals surface area contributed by atoms with E-state index in [1.54, 1.807) is 0 Å². The number of allylic oxidation sites excluding steroid dienone is 2. The molecule has 0 aromatic carbocycles. The SMILES string of the molecule is CC=CCCCCCCN. The highest BCUT2D eigenvalue weighted by molar-refractivity contribution is 4.76. The Morgan fingerprint density at radius 2 is 1.80 bits per heavy atom. The van der Waals surface area contributed by atoms with Gasteiger partial charge in [-0.05, 0) is 32.7 Å². The summed E-state index contributed by atoms with van der Waals surface area (Å²) < 4.78 is 0. The molecule has 0 radical (unpaired) electrons. The monoisotopic (exact) mass is 141 g/mol. The van der Waals surface area contributed by atoms with E-state index in [0.29, 0.717) is 0 Å². The summed E-state index contributed by atoms with van der Waals surface area (Å²) >= 11 is 0. The van der Waals surface area contributed by atoms with Crippen LogP contribution in [0.15, 0.2) is 12.2 Å². The van der Waals surface area contributed by atoms with Gasteiger partial charge >= 0.3 is 0 Å². The third-order valence-corrected chi connectivity index (χ3v) is 1.56. The quantitative estimate of drug-likeness (QED) is 0.446. The zero-order valence-electron chi connectivity index (χ0n) is 6.97. The van der Waals surface area contributed by atoms with E-state index < -0.39 is 0 Å². The third kappa shape index (κ3) is 7.70. The number of rotatable bonds is 6. The number of hydrogen-bond acceptors (Lipinski definition) is 1. The Morgan fingerprint density at radius 1 is 1.10 bits per heavy atom. The molecule has 0 aromatic heterocycles. The first-order valence-corrected chi connectivity index (χ1v) is 4.23. The summed E-state index contributed by atoms with van der Waals surface area (Å²) in [5.74, 6) is 0. The van der Waals surface area contributed by atoms with Crippen molar-refractivity contribution in [1.82, 2.24) is 0 Å². The van der Waals surface area contributed by atoms with Crippen LogP contribution >= 0.6 is 0 Å². The average molecular weight is 141 g/mol. The highest BCUT2D eigenvalue weighted by Crippen LogP contribution is 2.02. The molecule has 0 amide bonds. The predicted octanol–water partition coefficient (Wildman–Crippen LogP) is 2.47. The fraction of sp³-hybridized carbons (Fsp3) is 0.778. The maximum atomic E-state index is 5.36. The van der Waals surface area contributed by atoms with Crippen molar-refractivity contribution in [2.45, 2.75) is 39.0 Å². The zero-order chi connectivity index (χ0) is 7.66. The van der Waals surface area contributed by atoms with Gasteiger partial charge in [-0.25, -0.2) is 0 Å². The van der Waals surface area contributed by atoms with Crippen molar-refractivity contribution < 1.29 is 0 Å². The van der Waals surface area contributed by atoms with Crippen LogP contribution in [0.1, 0.15) is 39.0 Å². The number of hydrogen-bond donors (Lipinski definition) is 1. The minimum absolute atomic E-state index is 0.851. The van der Waals surface area contributed by atoms with E-state index in [9.17, 15) is 0 Å². The topological polar surface area (TPSA) is 26.0 Å². The second-order valence-electron chi connectivity index (χ2n) is 2.56. The summed E-state index contributed by atoms with van der Waals surface area (Å²) in [6.07, 6.45) is 10.7. The normalized spacial score (nSPS) is 11.0. The lowest BCUT2D eigenvalue weighted by Gasteiger charge is -1.95. The lowest BCUT2D eigenvalue weighted by molar-refractivity contribution is 0.652. The van der Waals surface area contributed by atoms with Gasteiger partial charge in [0.25, 0.3) is 0 Å². The van der Waals surface area contributed by atoms with Crippen LogP contribution in [0, 0.1) is 0 Å². The molecule has 0 heterocycles. The molecule has 0 bridgehead atoms. The lowest BCUT2D eigenvalue weighted by Crippen LogP contribution is -1.97. The Kier molecular flexibility index (Phi) is 8.44. The lowest BCUT2D eigenvalue weighted by atomic mass is 10.1. The van der Waals surface area contributed by atoms with E-state index in [2.05, 4.69) is 19.1 Å². The van der Waals surface area contributed by atoms with Crippen LogP contribution in [0.5, 0.6) is 0 Å². The van der Waals surface area contributed by atoms with Gasteiger partial charge in [-0.3, -0.25) is 0 Å². The molecule has 0 aliphatic carbocycles. The predicted molar refractivity (Wildman–Crippen MR) is 47.0 cm³/mol. The molecular weight excluding hydrogens is 122 g/mol. The summed E-state index contributed by atoms with van der Waals surface area (Å²) in [4.78, 5) is 0. The van der Waals surface area contributed by atoms with Gasteiger partial charge in [0.1, 0.15) is 0 Å². The second-order valence-corrected chi connectivity index (χ2v) is 2.56. The van der Waals surface area contributed by atoms with Gasteiger partial charge in [-0.15, -0.1) is 0 Å². The molecule has 0 spiro atoms. The third-order valence-electron chi connectivity index (χ3n) is 1.56. The second kappa shape index (κ2) is 8.70. The first-order chi connectivity index (χ1) is 4.91. The van der Waals surface area contributed by atoms with Gasteiger partial charge in [-0.1, -0.05) is 25.0 Å². The van der Waals surface area contributed by atoms with E-state index in [4.69, 9.17) is 5.73 Å². The largest absolute Gasteiger partial charge is 0.330 e. The van der Waals surface area contributed by atoms with Crippen LogP contribution in [0.4, 0.5) is 0 Å². The summed E-state index contributed by atoms with van der Waals surface area (Å²) in [7, 11) is 0. The maximum Gasteiger partial charge on any atom is -0.00773 e. The smallest absolute Gasteiger partial charge is 0.00773 e. The molecule has 10 heavy (non-hydrogen) atoms. The van der Waals surface area contributed by atoms with E-state index in [-0.39, 0.29) is 0 Å². The van der Waals surface area contributed by atoms with Crippen molar-refractivity contribution in [3.63, 3.8) is 0 Å². The van der Waals surface area contributed by atoms with Crippen LogP contribution in [0.3, 0.4) is 0 Å². The number of nitrogens with two attached hydrogens (primary N) is 1.